The van der Waals surface area contributed by atoms with Crippen LogP contribution in [0.15, 0.2) is 68.3 Å². The molecule has 0 saturated carbocycles. The first-order valence-electron chi connectivity index (χ1n) is 13.4. The fraction of sp³-hybridized carbons (Fsp3) is 0.312. The summed E-state index contributed by atoms with van der Waals surface area (Å²) in [5, 5.41) is 0.464. The molecule has 2 heterocycles. The van der Waals surface area contributed by atoms with Gasteiger partial charge in [0.1, 0.15) is 5.58 Å². The van der Waals surface area contributed by atoms with Crippen LogP contribution in [0.5, 0.6) is 11.5 Å². The van der Waals surface area contributed by atoms with Gasteiger partial charge in [-0.2, -0.15) is 0 Å². The highest BCUT2D eigenvalue weighted by Gasteiger charge is 2.44. The Hall–Kier alpha value is -3.58. The summed E-state index contributed by atoms with van der Waals surface area (Å²) in [5.74, 6) is 0.937. The summed E-state index contributed by atoms with van der Waals surface area (Å²) in [5.41, 5.74) is 3.91. The summed E-state index contributed by atoms with van der Waals surface area (Å²) < 4.78 is 19.0. The van der Waals surface area contributed by atoms with Crippen LogP contribution in [-0.4, -0.2) is 19.1 Å². The van der Waals surface area contributed by atoms with Crippen molar-refractivity contribution >= 4 is 38.5 Å². The molecule has 0 radical (unpaired) electrons. The van der Waals surface area contributed by atoms with Gasteiger partial charge in [0.2, 0.25) is 5.76 Å². The molecule has 0 N–H and O–H groups in total. The van der Waals surface area contributed by atoms with Crippen LogP contribution in [0.1, 0.15) is 72.0 Å². The van der Waals surface area contributed by atoms with Crippen LogP contribution in [0.25, 0.3) is 11.0 Å². The minimum atomic E-state index is -0.697. The number of anilines is 1. The van der Waals surface area contributed by atoms with Gasteiger partial charge in [-0.1, -0.05) is 47.8 Å². The van der Waals surface area contributed by atoms with Crippen molar-refractivity contribution in [3.05, 3.63) is 97.3 Å². The number of carbonyl (C=O) groups excluding carboxylic acids is 1. The van der Waals surface area contributed by atoms with Gasteiger partial charge < -0.3 is 13.9 Å². The molecule has 1 aliphatic rings. The molecule has 0 fully saturated rings. The maximum Gasteiger partial charge on any atom is 0.295 e. The van der Waals surface area contributed by atoms with Crippen molar-refractivity contribution in [1.82, 2.24) is 0 Å². The van der Waals surface area contributed by atoms with Crippen LogP contribution in [0.4, 0.5) is 5.69 Å². The van der Waals surface area contributed by atoms with Crippen LogP contribution in [0.3, 0.4) is 0 Å². The molecule has 1 atom stereocenters. The van der Waals surface area contributed by atoms with Crippen molar-refractivity contribution in [2.24, 2.45) is 0 Å². The van der Waals surface area contributed by atoms with Crippen LogP contribution in [0.2, 0.25) is 0 Å². The number of hydrogen-bond acceptors (Lipinski definition) is 5. The number of benzene rings is 3. The van der Waals surface area contributed by atoms with Gasteiger partial charge in [-0.3, -0.25) is 14.5 Å². The predicted molar refractivity (Wildman–Crippen MR) is 157 cm³/mol. The maximum absolute atomic E-state index is 14.0. The molecule has 0 aliphatic carbocycles. The highest BCUT2D eigenvalue weighted by Crippen LogP contribution is 2.44. The molecule has 202 valence electrons. The molecule has 6 nitrogen and oxygen atoms in total. The molecular weight excluding hydrogens is 558 g/mol. The van der Waals surface area contributed by atoms with E-state index in [0.717, 1.165) is 40.4 Å². The van der Waals surface area contributed by atoms with Crippen LogP contribution in [0, 0.1) is 13.8 Å². The number of unbranched alkanes of at least 4 members (excludes halogenated alkanes) is 2. The smallest absolute Gasteiger partial charge is 0.295 e. The van der Waals surface area contributed by atoms with E-state index in [1.54, 1.807) is 4.90 Å². The van der Waals surface area contributed by atoms with Crippen molar-refractivity contribution in [2.75, 3.05) is 18.1 Å². The number of fused-ring (bicyclic) bond motifs is 2. The second kappa shape index (κ2) is 11.3. The predicted octanol–water partition coefficient (Wildman–Crippen LogP) is 7.89. The van der Waals surface area contributed by atoms with Crippen molar-refractivity contribution in [3.63, 3.8) is 0 Å². The summed E-state index contributed by atoms with van der Waals surface area (Å²) >= 11 is 3.52. The SMILES string of the molecule is CCCCCOc1ccc(C2c3c(oc4cc(C)c(C)cc4c3=O)C(=O)N2c2cccc(Br)c2)cc1OCC. The standard InChI is InChI=1S/C32H32BrNO5/c1-5-7-8-14-38-25-13-12-21(17-27(25)37-6-2)29-28-30(35)24-15-19(3)20(4)16-26(24)39-31(28)32(36)34(29)23-11-9-10-22(33)18-23/h9-13,15-18,29H,5-8,14H2,1-4H3. The van der Waals surface area contributed by atoms with Crippen LogP contribution < -0.4 is 19.8 Å². The van der Waals surface area contributed by atoms with E-state index in [0.29, 0.717) is 46.9 Å². The van der Waals surface area contributed by atoms with Gasteiger partial charge in [-0.25, -0.2) is 0 Å². The van der Waals surface area contributed by atoms with E-state index in [1.807, 2.05) is 75.4 Å². The third-order valence-corrected chi connectivity index (χ3v) is 7.65. The zero-order valence-electron chi connectivity index (χ0n) is 22.7. The van der Waals surface area contributed by atoms with Crippen molar-refractivity contribution in [1.29, 1.82) is 0 Å². The third kappa shape index (κ3) is 5.08. The number of ether oxygens (including phenoxy) is 2. The number of carbonyl (C=O) groups is 1. The Balaban J connectivity index is 1.70. The summed E-state index contributed by atoms with van der Waals surface area (Å²) in [6.45, 7) is 9.04. The lowest BCUT2D eigenvalue weighted by Crippen LogP contribution is -2.29. The second-order valence-electron chi connectivity index (χ2n) is 9.86. The molecule has 39 heavy (non-hydrogen) atoms. The minimum Gasteiger partial charge on any atom is -0.490 e. The average molecular weight is 591 g/mol. The molecule has 3 aromatic carbocycles. The van der Waals surface area contributed by atoms with Gasteiger partial charge >= 0.3 is 0 Å². The Labute approximate surface area is 236 Å². The Bertz CT molecular complexity index is 1610. The molecule has 1 aliphatic heterocycles. The second-order valence-corrected chi connectivity index (χ2v) is 10.8. The zero-order chi connectivity index (χ0) is 27.7. The van der Waals surface area contributed by atoms with Gasteiger partial charge in [0.05, 0.1) is 30.2 Å². The molecule has 4 aromatic rings. The third-order valence-electron chi connectivity index (χ3n) is 7.16. The fourth-order valence-electron chi connectivity index (χ4n) is 5.05. The molecule has 1 aromatic heterocycles. The number of rotatable bonds is 9. The van der Waals surface area contributed by atoms with Crippen LogP contribution in [-0.2, 0) is 0 Å². The molecule has 0 spiro atoms. The largest absolute Gasteiger partial charge is 0.490 e. The van der Waals surface area contributed by atoms with Crippen molar-refractivity contribution < 1.29 is 18.7 Å². The lowest BCUT2D eigenvalue weighted by Gasteiger charge is -2.26. The van der Waals surface area contributed by atoms with Gasteiger partial charge in [-0.15, -0.1) is 0 Å². The van der Waals surface area contributed by atoms with E-state index >= 15 is 0 Å². The summed E-state index contributed by atoms with van der Waals surface area (Å²) in [7, 11) is 0. The Kier molecular flexibility index (Phi) is 7.80. The van der Waals surface area contributed by atoms with E-state index in [9.17, 15) is 9.59 Å². The highest BCUT2D eigenvalue weighted by molar-refractivity contribution is 9.10. The quantitative estimate of drug-likeness (QED) is 0.186. The summed E-state index contributed by atoms with van der Waals surface area (Å²) in [6, 6.07) is 16.1. The number of hydrogen-bond donors (Lipinski definition) is 0. The van der Waals surface area contributed by atoms with Gasteiger partial charge in [0, 0.05) is 10.2 Å². The maximum atomic E-state index is 14.0. The van der Waals surface area contributed by atoms with Gasteiger partial charge in [-0.05, 0) is 86.3 Å². The first-order valence-corrected chi connectivity index (χ1v) is 14.2. The first kappa shape index (κ1) is 27.0. The molecule has 1 amide bonds. The highest BCUT2D eigenvalue weighted by atomic mass is 79.9. The van der Waals surface area contributed by atoms with Crippen LogP contribution >= 0.6 is 15.9 Å². The molecule has 0 saturated heterocycles. The average Bonchev–Trinajstić information content (AvgIpc) is 3.21. The lowest BCUT2D eigenvalue weighted by molar-refractivity contribution is 0.0971. The van der Waals surface area contributed by atoms with E-state index in [4.69, 9.17) is 13.9 Å². The Morgan fingerprint density at radius 2 is 1.72 bits per heavy atom. The lowest BCUT2D eigenvalue weighted by atomic mass is 9.97. The van der Waals surface area contributed by atoms with E-state index < -0.39 is 6.04 Å². The van der Waals surface area contributed by atoms with Crippen molar-refractivity contribution in [3.8, 4) is 11.5 Å². The van der Waals surface area contributed by atoms with E-state index in [2.05, 4.69) is 22.9 Å². The number of halogens is 1. The topological polar surface area (TPSA) is 69.0 Å². The molecule has 7 heteroatoms. The molecule has 5 rings (SSSR count). The Morgan fingerprint density at radius 3 is 2.46 bits per heavy atom. The van der Waals surface area contributed by atoms with E-state index in [1.165, 1.54) is 0 Å². The summed E-state index contributed by atoms with van der Waals surface area (Å²) in [6.07, 6.45) is 3.16. The molecule has 0 bridgehead atoms. The number of amides is 1. The van der Waals surface area contributed by atoms with Gasteiger partial charge in [0.15, 0.2) is 16.9 Å². The Morgan fingerprint density at radius 1 is 0.923 bits per heavy atom. The molecular formula is C32H32BrNO5. The van der Waals surface area contributed by atoms with Crippen molar-refractivity contribution in [2.45, 2.75) is 53.0 Å². The first-order chi connectivity index (χ1) is 18.8. The molecule has 1 unspecified atom stereocenters. The van der Waals surface area contributed by atoms with Gasteiger partial charge in [0.25, 0.3) is 5.91 Å². The normalized spacial score (nSPS) is 14.6. The number of nitrogens with zero attached hydrogens (tertiary/aromatic N) is 1. The van der Waals surface area contributed by atoms with E-state index in [-0.39, 0.29) is 17.1 Å². The minimum absolute atomic E-state index is 0.0681. The fourth-order valence-corrected chi connectivity index (χ4v) is 5.44. The zero-order valence-corrected chi connectivity index (χ0v) is 24.3. The number of aryl methyl sites for hydroxylation is 2. The monoisotopic (exact) mass is 589 g/mol. The summed E-state index contributed by atoms with van der Waals surface area (Å²) in [4.78, 5) is 29.6.